The van der Waals surface area contributed by atoms with Crippen LogP contribution in [0.4, 0.5) is 0 Å². The molecule has 1 saturated heterocycles. The summed E-state index contributed by atoms with van der Waals surface area (Å²) in [5.74, 6) is 1.48. The summed E-state index contributed by atoms with van der Waals surface area (Å²) in [5, 5.41) is 3.67. The first-order valence-corrected chi connectivity index (χ1v) is 8.11. The zero-order chi connectivity index (χ0) is 14.5. The van der Waals surface area contributed by atoms with Crippen molar-refractivity contribution in [2.45, 2.75) is 32.7 Å². The lowest BCUT2D eigenvalue weighted by Gasteiger charge is -2.26. The molecule has 4 heteroatoms. The van der Waals surface area contributed by atoms with E-state index >= 15 is 0 Å². The summed E-state index contributed by atoms with van der Waals surface area (Å²) in [5.41, 5.74) is 2.43. The Morgan fingerprint density at radius 1 is 1.50 bits per heavy atom. The second-order valence-corrected chi connectivity index (χ2v) is 6.25. The quantitative estimate of drug-likeness (QED) is 0.852. The molecule has 0 amide bonds. The Balaban J connectivity index is 2.33. The van der Waals surface area contributed by atoms with E-state index in [0.29, 0.717) is 12.0 Å². The average Bonchev–Trinajstić information content (AvgIpc) is 2.96. The molecule has 1 aliphatic rings. The van der Waals surface area contributed by atoms with E-state index in [0.717, 1.165) is 42.8 Å². The summed E-state index contributed by atoms with van der Waals surface area (Å²) in [4.78, 5) is 0. The van der Waals surface area contributed by atoms with E-state index in [1.165, 1.54) is 11.1 Å². The summed E-state index contributed by atoms with van der Waals surface area (Å²) < 4.78 is 12.3. The van der Waals surface area contributed by atoms with E-state index in [1.807, 2.05) is 0 Å². The van der Waals surface area contributed by atoms with Crippen molar-refractivity contribution >= 4 is 15.9 Å². The van der Waals surface area contributed by atoms with Crippen LogP contribution in [0, 0.1) is 12.8 Å². The normalized spacial score (nSPS) is 20.1. The summed E-state index contributed by atoms with van der Waals surface area (Å²) in [6.45, 7) is 6.98. The predicted molar refractivity (Wildman–Crippen MR) is 85.4 cm³/mol. The third-order valence-corrected chi connectivity index (χ3v) is 4.75. The third kappa shape index (κ3) is 3.54. The van der Waals surface area contributed by atoms with E-state index < -0.39 is 0 Å². The first kappa shape index (κ1) is 15.8. The van der Waals surface area contributed by atoms with Crippen molar-refractivity contribution in [2.24, 2.45) is 5.92 Å². The molecule has 3 nitrogen and oxygen atoms in total. The van der Waals surface area contributed by atoms with Gasteiger partial charge in [-0.3, -0.25) is 0 Å². The first-order valence-electron chi connectivity index (χ1n) is 7.32. The van der Waals surface area contributed by atoms with E-state index in [9.17, 15) is 0 Å². The Hall–Kier alpha value is -0.580. The maximum Gasteiger partial charge on any atom is 0.123 e. The van der Waals surface area contributed by atoms with Crippen LogP contribution >= 0.6 is 15.9 Å². The van der Waals surface area contributed by atoms with Crippen LogP contribution in [0.5, 0.6) is 5.75 Å². The lowest BCUT2D eigenvalue weighted by Crippen LogP contribution is -2.29. The topological polar surface area (TPSA) is 30.5 Å². The second kappa shape index (κ2) is 7.43. The first-order chi connectivity index (χ1) is 9.67. The van der Waals surface area contributed by atoms with Gasteiger partial charge in [-0.15, -0.1) is 0 Å². The number of halogens is 1. The molecule has 1 fully saturated rings. The maximum atomic E-state index is 5.60. The molecule has 0 bridgehead atoms. The minimum absolute atomic E-state index is 0.296. The Morgan fingerprint density at radius 3 is 2.90 bits per heavy atom. The average molecular weight is 342 g/mol. The van der Waals surface area contributed by atoms with Gasteiger partial charge in [0.15, 0.2) is 0 Å². The number of hydrogen-bond donors (Lipinski definition) is 1. The van der Waals surface area contributed by atoms with Crippen LogP contribution in [0.3, 0.4) is 0 Å². The monoisotopic (exact) mass is 341 g/mol. The molecule has 2 atom stereocenters. The van der Waals surface area contributed by atoms with Crippen molar-refractivity contribution in [3.8, 4) is 5.75 Å². The van der Waals surface area contributed by atoms with Gasteiger partial charge >= 0.3 is 0 Å². The van der Waals surface area contributed by atoms with Gasteiger partial charge < -0.3 is 14.8 Å². The molecular formula is C16H24BrNO2. The molecule has 20 heavy (non-hydrogen) atoms. The van der Waals surface area contributed by atoms with Crippen molar-refractivity contribution in [3.63, 3.8) is 0 Å². The summed E-state index contributed by atoms with van der Waals surface area (Å²) in [6, 6.07) is 4.60. The van der Waals surface area contributed by atoms with Crippen LogP contribution in [0.1, 0.15) is 36.9 Å². The lowest BCUT2D eigenvalue weighted by molar-refractivity contribution is 0.176. The van der Waals surface area contributed by atoms with Crippen molar-refractivity contribution in [1.29, 1.82) is 0 Å². The van der Waals surface area contributed by atoms with E-state index in [4.69, 9.17) is 9.47 Å². The molecule has 1 aliphatic heterocycles. The van der Waals surface area contributed by atoms with Crippen LogP contribution < -0.4 is 10.1 Å². The van der Waals surface area contributed by atoms with Crippen LogP contribution in [0.2, 0.25) is 0 Å². The van der Waals surface area contributed by atoms with Gasteiger partial charge in [-0.1, -0.05) is 22.9 Å². The SMILES string of the molecule is CCCNC(c1cc(Br)c(C)cc1OC)C1CCOC1. The van der Waals surface area contributed by atoms with Crippen molar-refractivity contribution in [1.82, 2.24) is 5.32 Å². The van der Waals surface area contributed by atoms with Gasteiger partial charge in [-0.2, -0.15) is 0 Å². The Bertz CT molecular complexity index is 444. The smallest absolute Gasteiger partial charge is 0.123 e. The van der Waals surface area contributed by atoms with Gasteiger partial charge in [0.25, 0.3) is 0 Å². The number of aryl methyl sites for hydroxylation is 1. The molecule has 0 aliphatic carbocycles. The standard InChI is InChI=1S/C16H24BrNO2/c1-4-6-18-16(12-5-7-20-10-12)13-9-14(17)11(2)8-15(13)19-3/h8-9,12,16,18H,4-7,10H2,1-3H3. The highest BCUT2D eigenvalue weighted by Gasteiger charge is 2.29. The number of methoxy groups -OCH3 is 1. The number of nitrogens with one attached hydrogen (secondary N) is 1. The van der Waals surface area contributed by atoms with Crippen LogP contribution in [-0.4, -0.2) is 26.9 Å². The summed E-state index contributed by atoms with van der Waals surface area (Å²) in [7, 11) is 1.74. The summed E-state index contributed by atoms with van der Waals surface area (Å²) >= 11 is 3.64. The lowest BCUT2D eigenvalue weighted by atomic mass is 9.91. The van der Waals surface area contributed by atoms with Gasteiger partial charge in [0.1, 0.15) is 5.75 Å². The van der Waals surface area contributed by atoms with Crippen molar-refractivity contribution in [3.05, 3.63) is 27.7 Å². The van der Waals surface area contributed by atoms with Gasteiger partial charge in [-0.25, -0.2) is 0 Å². The molecule has 0 aromatic heterocycles. The fourth-order valence-electron chi connectivity index (χ4n) is 2.74. The molecule has 0 saturated carbocycles. The van der Waals surface area contributed by atoms with Crippen molar-refractivity contribution in [2.75, 3.05) is 26.9 Å². The third-order valence-electron chi connectivity index (χ3n) is 3.90. The highest BCUT2D eigenvalue weighted by atomic mass is 79.9. The molecule has 1 aromatic rings. The zero-order valence-corrected chi connectivity index (χ0v) is 14.1. The Kier molecular flexibility index (Phi) is 5.87. The minimum atomic E-state index is 0.296. The zero-order valence-electron chi connectivity index (χ0n) is 12.5. The minimum Gasteiger partial charge on any atom is -0.496 e. The summed E-state index contributed by atoms with van der Waals surface area (Å²) in [6.07, 6.45) is 2.23. The van der Waals surface area contributed by atoms with Gasteiger partial charge in [0.05, 0.1) is 13.7 Å². The molecule has 0 spiro atoms. The largest absolute Gasteiger partial charge is 0.496 e. The van der Waals surface area contributed by atoms with Crippen LogP contribution in [-0.2, 0) is 4.74 Å². The Morgan fingerprint density at radius 2 is 2.30 bits per heavy atom. The number of ether oxygens (including phenoxy) is 2. The van der Waals surface area contributed by atoms with E-state index in [2.05, 4.69) is 47.2 Å². The maximum absolute atomic E-state index is 5.60. The molecule has 0 radical (unpaired) electrons. The van der Waals surface area contributed by atoms with Crippen LogP contribution in [0.15, 0.2) is 16.6 Å². The molecule has 1 heterocycles. The highest BCUT2D eigenvalue weighted by Crippen LogP contribution is 2.37. The molecule has 1 N–H and O–H groups in total. The van der Waals surface area contributed by atoms with E-state index in [-0.39, 0.29) is 0 Å². The van der Waals surface area contributed by atoms with Gasteiger partial charge in [0.2, 0.25) is 0 Å². The fraction of sp³-hybridized carbons (Fsp3) is 0.625. The molecule has 2 rings (SSSR count). The Labute approximate surface area is 130 Å². The predicted octanol–water partition coefficient (Wildman–Crippen LogP) is 3.84. The highest BCUT2D eigenvalue weighted by molar-refractivity contribution is 9.10. The fourth-order valence-corrected chi connectivity index (χ4v) is 3.10. The van der Waals surface area contributed by atoms with Gasteiger partial charge in [0, 0.05) is 28.6 Å². The molecule has 1 aromatic carbocycles. The number of hydrogen-bond acceptors (Lipinski definition) is 3. The number of rotatable bonds is 6. The molecule has 112 valence electrons. The van der Waals surface area contributed by atoms with Crippen LogP contribution in [0.25, 0.3) is 0 Å². The molecular weight excluding hydrogens is 318 g/mol. The van der Waals surface area contributed by atoms with Crippen molar-refractivity contribution < 1.29 is 9.47 Å². The second-order valence-electron chi connectivity index (χ2n) is 5.40. The molecule has 2 unspecified atom stereocenters. The van der Waals surface area contributed by atoms with E-state index in [1.54, 1.807) is 7.11 Å². The van der Waals surface area contributed by atoms with Gasteiger partial charge in [-0.05, 0) is 44.0 Å². The number of benzene rings is 1.